The maximum atomic E-state index is 9.78. The molecule has 4 unspecified atom stereocenters. The number of oxime groups is 1. The third kappa shape index (κ3) is 3.18. The summed E-state index contributed by atoms with van der Waals surface area (Å²) in [5.41, 5.74) is 3.67. The Morgan fingerprint density at radius 1 is 0.844 bits per heavy atom. The summed E-state index contributed by atoms with van der Waals surface area (Å²) in [6.45, 7) is 6.81. The molecule has 0 spiro atoms. The summed E-state index contributed by atoms with van der Waals surface area (Å²) in [6, 6.07) is 31.4. The van der Waals surface area contributed by atoms with Gasteiger partial charge in [-0.25, -0.2) is 0 Å². The Balaban J connectivity index is 1.65. The van der Waals surface area contributed by atoms with E-state index in [1.165, 1.54) is 0 Å². The number of benzene rings is 3. The number of ether oxygens (including phenoxy) is 1. The Morgan fingerprint density at radius 3 is 1.69 bits per heavy atom. The van der Waals surface area contributed by atoms with Crippen LogP contribution in [0.25, 0.3) is 0 Å². The molecule has 0 saturated heterocycles. The van der Waals surface area contributed by atoms with Gasteiger partial charge >= 0.3 is 0 Å². The summed E-state index contributed by atoms with van der Waals surface area (Å²) >= 11 is 0. The highest BCUT2D eigenvalue weighted by atomic mass is 16.5. The molecule has 2 aliphatic rings. The van der Waals surface area contributed by atoms with Crippen LogP contribution in [0.1, 0.15) is 43.9 Å². The molecule has 4 atom stereocenters. The second-order valence-electron chi connectivity index (χ2n) is 9.88. The van der Waals surface area contributed by atoms with Gasteiger partial charge in [0.15, 0.2) is 0 Å². The van der Waals surface area contributed by atoms with Gasteiger partial charge < -0.3 is 9.94 Å². The molecular formula is C29H31NO2. The van der Waals surface area contributed by atoms with E-state index < -0.39 is 5.60 Å². The van der Waals surface area contributed by atoms with Crippen molar-refractivity contribution in [1.82, 2.24) is 0 Å². The molecule has 0 aliphatic heterocycles. The summed E-state index contributed by atoms with van der Waals surface area (Å²) in [7, 11) is 0. The molecule has 3 aromatic rings. The second-order valence-corrected chi connectivity index (χ2v) is 9.88. The van der Waals surface area contributed by atoms with E-state index >= 15 is 0 Å². The van der Waals surface area contributed by atoms with E-state index in [1.54, 1.807) is 0 Å². The molecular weight excluding hydrogens is 394 g/mol. The van der Waals surface area contributed by atoms with Crippen LogP contribution in [0.15, 0.2) is 96.2 Å². The van der Waals surface area contributed by atoms with Crippen LogP contribution in [0.3, 0.4) is 0 Å². The largest absolute Gasteiger partial charge is 0.411 e. The van der Waals surface area contributed by atoms with Gasteiger partial charge in [-0.05, 0) is 47.3 Å². The van der Waals surface area contributed by atoms with Crippen molar-refractivity contribution in [2.45, 2.75) is 38.9 Å². The normalized spacial score (nSPS) is 26.0. The fourth-order valence-electron chi connectivity index (χ4n) is 6.20. The SMILES string of the molecule is CC(OC(c1ccccc1)(c1ccccc1)c1ccccc1)C1/C(=N/O)CC2C1C2(C)C. The van der Waals surface area contributed by atoms with E-state index in [-0.39, 0.29) is 17.4 Å². The monoisotopic (exact) mass is 425 g/mol. The van der Waals surface area contributed by atoms with Gasteiger partial charge in [0.1, 0.15) is 5.60 Å². The predicted octanol–water partition coefficient (Wildman–Crippen LogP) is 6.51. The fraction of sp³-hybridized carbons (Fsp3) is 0.345. The molecule has 3 aromatic carbocycles. The van der Waals surface area contributed by atoms with Gasteiger partial charge in [0.2, 0.25) is 0 Å². The summed E-state index contributed by atoms with van der Waals surface area (Å²) < 4.78 is 7.21. The van der Waals surface area contributed by atoms with Crippen molar-refractivity contribution >= 4 is 5.71 Å². The molecule has 0 heterocycles. The van der Waals surface area contributed by atoms with E-state index in [9.17, 15) is 5.21 Å². The van der Waals surface area contributed by atoms with Crippen LogP contribution in [0.2, 0.25) is 0 Å². The lowest BCUT2D eigenvalue weighted by molar-refractivity contribution is -0.0578. The van der Waals surface area contributed by atoms with Gasteiger partial charge in [0.05, 0.1) is 11.8 Å². The lowest BCUT2D eigenvalue weighted by Gasteiger charge is -2.40. The predicted molar refractivity (Wildman–Crippen MR) is 128 cm³/mol. The zero-order valence-electron chi connectivity index (χ0n) is 19.0. The molecule has 32 heavy (non-hydrogen) atoms. The molecule has 0 bridgehead atoms. The maximum absolute atomic E-state index is 9.78. The van der Waals surface area contributed by atoms with Crippen LogP contribution >= 0.6 is 0 Å². The van der Waals surface area contributed by atoms with Gasteiger partial charge in [0, 0.05) is 5.92 Å². The van der Waals surface area contributed by atoms with Gasteiger partial charge in [-0.3, -0.25) is 0 Å². The van der Waals surface area contributed by atoms with Crippen LogP contribution in [0.4, 0.5) is 0 Å². The van der Waals surface area contributed by atoms with Crippen molar-refractivity contribution < 1.29 is 9.94 Å². The Kier molecular flexibility index (Phi) is 5.17. The minimum absolute atomic E-state index is 0.107. The molecule has 164 valence electrons. The number of rotatable bonds is 6. The van der Waals surface area contributed by atoms with Crippen molar-refractivity contribution in [3.63, 3.8) is 0 Å². The number of nitrogens with zero attached hydrogens (tertiary/aromatic N) is 1. The van der Waals surface area contributed by atoms with E-state index in [4.69, 9.17) is 4.74 Å². The Bertz CT molecular complexity index is 995. The summed E-state index contributed by atoms with van der Waals surface area (Å²) in [5, 5.41) is 13.5. The highest BCUT2D eigenvalue weighted by Crippen LogP contribution is 2.69. The summed E-state index contributed by atoms with van der Waals surface area (Å²) in [4.78, 5) is 0. The number of fused-ring (bicyclic) bond motifs is 1. The topological polar surface area (TPSA) is 41.8 Å². The molecule has 2 aliphatic carbocycles. The first-order chi connectivity index (χ1) is 15.5. The first kappa shape index (κ1) is 21.0. The van der Waals surface area contributed by atoms with Crippen molar-refractivity contribution in [2.24, 2.45) is 28.3 Å². The fourth-order valence-corrected chi connectivity index (χ4v) is 6.20. The molecule has 2 fully saturated rings. The van der Waals surface area contributed by atoms with Crippen LogP contribution in [-0.4, -0.2) is 17.0 Å². The Labute approximate surface area is 190 Å². The first-order valence-electron chi connectivity index (χ1n) is 11.6. The maximum Gasteiger partial charge on any atom is 0.144 e. The average molecular weight is 426 g/mol. The van der Waals surface area contributed by atoms with E-state index in [0.717, 1.165) is 28.8 Å². The lowest BCUT2D eigenvalue weighted by atomic mass is 9.79. The van der Waals surface area contributed by atoms with Crippen molar-refractivity contribution in [1.29, 1.82) is 0 Å². The quantitative estimate of drug-likeness (QED) is 0.278. The molecule has 3 heteroatoms. The van der Waals surface area contributed by atoms with Crippen LogP contribution in [0, 0.1) is 23.2 Å². The summed E-state index contributed by atoms with van der Waals surface area (Å²) in [5.74, 6) is 1.17. The molecule has 0 aromatic heterocycles. The van der Waals surface area contributed by atoms with Crippen molar-refractivity contribution in [2.75, 3.05) is 0 Å². The molecule has 5 rings (SSSR count). The smallest absolute Gasteiger partial charge is 0.144 e. The number of hydrogen-bond donors (Lipinski definition) is 1. The van der Waals surface area contributed by atoms with Gasteiger partial charge in [0.25, 0.3) is 0 Å². The van der Waals surface area contributed by atoms with Gasteiger partial charge in [-0.2, -0.15) is 0 Å². The average Bonchev–Trinajstić information content (AvgIpc) is 3.17. The molecule has 3 nitrogen and oxygen atoms in total. The molecule has 0 radical (unpaired) electrons. The standard InChI is InChI=1S/C29H31NO2/c1-20(26-25(30-31)19-24-27(26)28(24,2)3)32-29(21-13-7-4-8-14-21,22-15-9-5-10-16-22)23-17-11-6-12-18-23/h4-18,20,24,26-27,31H,19H2,1-3H3/b30-25+. The second kappa shape index (κ2) is 7.90. The Hall–Kier alpha value is -2.91. The molecule has 1 N–H and O–H groups in total. The van der Waals surface area contributed by atoms with E-state index in [2.05, 4.69) is 98.7 Å². The van der Waals surface area contributed by atoms with Crippen LogP contribution in [0.5, 0.6) is 0 Å². The molecule has 2 saturated carbocycles. The minimum Gasteiger partial charge on any atom is -0.411 e. The minimum atomic E-state index is -0.763. The Morgan fingerprint density at radius 2 is 1.28 bits per heavy atom. The van der Waals surface area contributed by atoms with Crippen LogP contribution < -0.4 is 0 Å². The molecule has 0 amide bonds. The van der Waals surface area contributed by atoms with E-state index in [0.29, 0.717) is 11.8 Å². The third-order valence-corrected chi connectivity index (χ3v) is 7.88. The summed E-state index contributed by atoms with van der Waals surface area (Å²) in [6.07, 6.45) is 0.736. The van der Waals surface area contributed by atoms with Gasteiger partial charge in [-0.15, -0.1) is 0 Å². The number of hydrogen-bond acceptors (Lipinski definition) is 3. The highest BCUT2D eigenvalue weighted by Gasteiger charge is 2.67. The highest BCUT2D eigenvalue weighted by molar-refractivity contribution is 5.91. The van der Waals surface area contributed by atoms with Crippen molar-refractivity contribution in [3.8, 4) is 0 Å². The van der Waals surface area contributed by atoms with Crippen LogP contribution in [-0.2, 0) is 10.3 Å². The first-order valence-corrected chi connectivity index (χ1v) is 11.6. The third-order valence-electron chi connectivity index (χ3n) is 7.88. The zero-order chi connectivity index (χ0) is 22.3. The lowest BCUT2D eigenvalue weighted by Crippen LogP contribution is -2.41. The van der Waals surface area contributed by atoms with Crippen molar-refractivity contribution in [3.05, 3.63) is 108 Å². The van der Waals surface area contributed by atoms with Gasteiger partial charge in [-0.1, -0.05) is 110 Å². The zero-order valence-corrected chi connectivity index (χ0v) is 19.0. The van der Waals surface area contributed by atoms with E-state index in [1.807, 2.05) is 18.2 Å².